The van der Waals surface area contributed by atoms with Gasteiger partial charge in [-0.05, 0) is 50.3 Å². The third kappa shape index (κ3) is 5.32. The Balaban J connectivity index is 1.15. The second kappa shape index (κ2) is 11.0. The fourth-order valence-electron chi connectivity index (χ4n) is 6.16. The van der Waals surface area contributed by atoms with Crippen LogP contribution in [0.15, 0.2) is 23.2 Å². The maximum atomic E-state index is 13.3. The van der Waals surface area contributed by atoms with E-state index in [-0.39, 0.29) is 12.5 Å². The highest BCUT2D eigenvalue weighted by molar-refractivity contribution is 6.07. The number of aliphatic hydroxyl groups excluding tert-OH is 1. The molecule has 2 amide bonds. The van der Waals surface area contributed by atoms with Gasteiger partial charge in [-0.1, -0.05) is 38.5 Å². The Morgan fingerprint density at radius 3 is 2.43 bits per heavy atom. The second-order valence-corrected chi connectivity index (χ2v) is 10.4. The molecule has 3 fully saturated rings. The van der Waals surface area contributed by atoms with Crippen molar-refractivity contribution in [1.82, 2.24) is 15.1 Å². The van der Waals surface area contributed by atoms with E-state index in [4.69, 9.17) is 4.74 Å². The number of guanidine groups is 1. The summed E-state index contributed by atoms with van der Waals surface area (Å²) < 4.78 is 6.01. The lowest BCUT2D eigenvalue weighted by Gasteiger charge is -2.42. The van der Waals surface area contributed by atoms with Crippen molar-refractivity contribution >= 4 is 23.5 Å². The molecule has 1 saturated heterocycles. The predicted molar refractivity (Wildman–Crippen MR) is 133 cm³/mol. The first kappa shape index (κ1) is 24.1. The molecule has 1 atom stereocenters. The Kier molecular flexibility index (Phi) is 7.56. The van der Waals surface area contributed by atoms with Crippen LogP contribution in [0, 0.1) is 0 Å². The minimum atomic E-state index is -0.603. The van der Waals surface area contributed by atoms with Crippen LogP contribution in [0.5, 0.6) is 5.75 Å². The summed E-state index contributed by atoms with van der Waals surface area (Å²) in [5.41, 5.74) is 1.76. The van der Waals surface area contributed by atoms with Gasteiger partial charge in [0, 0.05) is 30.6 Å². The van der Waals surface area contributed by atoms with E-state index in [1.54, 1.807) is 4.90 Å². The van der Waals surface area contributed by atoms with Crippen molar-refractivity contribution in [2.45, 2.75) is 102 Å². The van der Waals surface area contributed by atoms with Gasteiger partial charge in [0.05, 0.1) is 18.9 Å². The summed E-state index contributed by atoms with van der Waals surface area (Å²) in [5.74, 6) is 1.32. The molecule has 190 valence electrons. The molecule has 35 heavy (non-hydrogen) atoms. The number of ether oxygens (including phenoxy) is 1. The summed E-state index contributed by atoms with van der Waals surface area (Å²) in [4.78, 5) is 33.9. The molecule has 1 unspecified atom stereocenters. The third-order valence-electron chi connectivity index (χ3n) is 8.00. The molecule has 8 nitrogen and oxygen atoms in total. The molecule has 2 aliphatic heterocycles. The Hall–Kier alpha value is -2.61. The second-order valence-electron chi connectivity index (χ2n) is 10.4. The molecule has 2 N–H and O–H groups in total. The summed E-state index contributed by atoms with van der Waals surface area (Å²) in [7, 11) is 0. The molecule has 8 heteroatoms. The number of amides is 2. The zero-order chi connectivity index (χ0) is 24.2. The zero-order valence-electron chi connectivity index (χ0n) is 20.6. The first-order valence-electron chi connectivity index (χ1n) is 13.5. The highest BCUT2D eigenvalue weighted by atomic mass is 16.5. The average Bonchev–Trinajstić information content (AvgIpc) is 3.20. The Labute approximate surface area is 207 Å². The van der Waals surface area contributed by atoms with Gasteiger partial charge in [-0.3, -0.25) is 14.9 Å². The number of aliphatic imine (C=N–C) groups is 1. The Bertz CT molecular complexity index is 934. The largest absolute Gasteiger partial charge is 0.494 e. The number of benzene rings is 1. The van der Waals surface area contributed by atoms with E-state index in [0.29, 0.717) is 49.9 Å². The fourth-order valence-corrected chi connectivity index (χ4v) is 6.16. The molecule has 2 heterocycles. The highest BCUT2D eigenvalue weighted by Gasteiger charge is 2.38. The Morgan fingerprint density at radius 1 is 1.09 bits per heavy atom. The normalized spacial score (nSPS) is 22.8. The van der Waals surface area contributed by atoms with Crippen LogP contribution in [0.3, 0.4) is 0 Å². The SMILES string of the molecule is O=C1NC2=Nc3ccc(OCCCC(=O)N(C4CCCCC4)C4CCCCC4)cc3CN2C1CO. The van der Waals surface area contributed by atoms with E-state index < -0.39 is 6.04 Å². The number of fused-ring (bicyclic) bond motifs is 2. The van der Waals surface area contributed by atoms with E-state index in [0.717, 1.165) is 42.7 Å². The van der Waals surface area contributed by atoms with Crippen molar-refractivity contribution in [2.24, 2.45) is 4.99 Å². The lowest BCUT2D eigenvalue weighted by Crippen LogP contribution is -2.48. The van der Waals surface area contributed by atoms with Crippen molar-refractivity contribution < 1.29 is 19.4 Å². The van der Waals surface area contributed by atoms with Gasteiger partial charge in [-0.15, -0.1) is 0 Å². The molecule has 2 saturated carbocycles. The Morgan fingerprint density at radius 2 is 1.77 bits per heavy atom. The van der Waals surface area contributed by atoms with Crippen LogP contribution < -0.4 is 10.1 Å². The molecule has 2 aliphatic carbocycles. The van der Waals surface area contributed by atoms with Gasteiger partial charge in [0.2, 0.25) is 11.9 Å². The number of hydrogen-bond donors (Lipinski definition) is 2. The minimum Gasteiger partial charge on any atom is -0.494 e. The monoisotopic (exact) mass is 482 g/mol. The van der Waals surface area contributed by atoms with Crippen LogP contribution in [0.25, 0.3) is 0 Å². The summed E-state index contributed by atoms with van der Waals surface area (Å²) in [6.07, 6.45) is 13.5. The molecule has 5 rings (SSSR count). The number of nitrogens with one attached hydrogen (secondary N) is 1. The van der Waals surface area contributed by atoms with Crippen LogP contribution in [0.4, 0.5) is 5.69 Å². The summed E-state index contributed by atoms with van der Waals surface area (Å²) >= 11 is 0. The lowest BCUT2D eigenvalue weighted by atomic mass is 9.88. The summed E-state index contributed by atoms with van der Waals surface area (Å²) in [5, 5.41) is 12.3. The number of aliphatic hydroxyl groups is 1. The zero-order valence-corrected chi connectivity index (χ0v) is 20.6. The van der Waals surface area contributed by atoms with Crippen molar-refractivity contribution in [1.29, 1.82) is 0 Å². The number of carbonyl (C=O) groups excluding carboxylic acids is 2. The van der Waals surface area contributed by atoms with Gasteiger partial charge in [0.15, 0.2) is 0 Å². The third-order valence-corrected chi connectivity index (χ3v) is 8.00. The molecule has 1 aromatic rings. The van der Waals surface area contributed by atoms with Gasteiger partial charge >= 0.3 is 0 Å². The van der Waals surface area contributed by atoms with Gasteiger partial charge < -0.3 is 19.6 Å². The van der Waals surface area contributed by atoms with Gasteiger partial charge in [0.1, 0.15) is 11.8 Å². The van der Waals surface area contributed by atoms with Crippen LogP contribution in [-0.2, 0) is 16.1 Å². The summed E-state index contributed by atoms with van der Waals surface area (Å²) in [6.45, 7) is 0.736. The van der Waals surface area contributed by atoms with Crippen LogP contribution >= 0.6 is 0 Å². The number of hydrogen-bond acceptors (Lipinski definition) is 6. The fraction of sp³-hybridized carbons (Fsp3) is 0.667. The predicted octanol–water partition coefficient (Wildman–Crippen LogP) is 3.63. The van der Waals surface area contributed by atoms with Crippen LogP contribution in [-0.4, -0.2) is 64.0 Å². The van der Waals surface area contributed by atoms with E-state index in [1.165, 1.54) is 38.5 Å². The van der Waals surface area contributed by atoms with Crippen LogP contribution in [0.1, 0.15) is 82.6 Å². The molecule has 0 spiro atoms. The molecular formula is C27H38N4O4. The number of rotatable bonds is 8. The van der Waals surface area contributed by atoms with Crippen molar-refractivity contribution in [3.05, 3.63) is 23.8 Å². The standard InChI is InChI=1S/C27H38N4O4/c32-18-24-26(34)29-27-28-23-14-13-22(16-19(23)17-30(24)27)35-15-7-12-25(33)31(20-8-3-1-4-9-20)21-10-5-2-6-11-21/h13-14,16,20-21,24,32H,1-12,15,17-18H2,(H,28,29,34). The van der Waals surface area contributed by atoms with E-state index >= 15 is 0 Å². The van der Waals surface area contributed by atoms with E-state index in [2.05, 4.69) is 15.2 Å². The van der Waals surface area contributed by atoms with Crippen molar-refractivity contribution in [3.8, 4) is 5.75 Å². The first-order chi connectivity index (χ1) is 17.1. The van der Waals surface area contributed by atoms with Gasteiger partial charge in [0.25, 0.3) is 5.91 Å². The quantitative estimate of drug-likeness (QED) is 0.552. The minimum absolute atomic E-state index is 0.226. The smallest absolute Gasteiger partial charge is 0.251 e. The molecule has 0 radical (unpaired) electrons. The molecule has 1 aromatic carbocycles. The average molecular weight is 483 g/mol. The van der Waals surface area contributed by atoms with Crippen molar-refractivity contribution in [2.75, 3.05) is 13.2 Å². The topological polar surface area (TPSA) is 94.5 Å². The maximum absolute atomic E-state index is 13.3. The van der Waals surface area contributed by atoms with Crippen molar-refractivity contribution in [3.63, 3.8) is 0 Å². The summed E-state index contributed by atoms with van der Waals surface area (Å²) in [6, 6.07) is 5.99. The molecule has 4 aliphatic rings. The molecular weight excluding hydrogens is 444 g/mol. The van der Waals surface area contributed by atoms with Crippen LogP contribution in [0.2, 0.25) is 0 Å². The van der Waals surface area contributed by atoms with Gasteiger partial charge in [-0.25, -0.2) is 4.99 Å². The maximum Gasteiger partial charge on any atom is 0.251 e. The molecule has 0 aromatic heterocycles. The van der Waals surface area contributed by atoms with E-state index in [9.17, 15) is 14.7 Å². The van der Waals surface area contributed by atoms with E-state index in [1.807, 2.05) is 18.2 Å². The first-order valence-corrected chi connectivity index (χ1v) is 13.5. The lowest BCUT2D eigenvalue weighted by molar-refractivity contribution is -0.138. The van der Waals surface area contributed by atoms with Gasteiger partial charge in [-0.2, -0.15) is 0 Å². The molecule has 0 bridgehead atoms. The number of carbonyl (C=O) groups is 2. The number of nitrogens with zero attached hydrogens (tertiary/aromatic N) is 3. The highest BCUT2D eigenvalue weighted by Crippen LogP contribution is 2.33.